The molecule has 59 valence electrons. The van der Waals surface area contributed by atoms with E-state index in [1.165, 1.54) is 20.8 Å². The first kappa shape index (κ1) is 10.6. The van der Waals surface area contributed by atoms with Crippen molar-refractivity contribution in [3.05, 3.63) is 0 Å². The van der Waals surface area contributed by atoms with Crippen molar-refractivity contribution in [2.75, 3.05) is 6.61 Å². The van der Waals surface area contributed by atoms with Crippen LogP contribution in [-0.4, -0.2) is 29.0 Å². The molecule has 0 bridgehead atoms. The molecule has 0 aromatic heterocycles. The molecule has 0 rings (SSSR count). The summed E-state index contributed by atoms with van der Waals surface area (Å²) in [6.45, 7) is 2.17. The van der Waals surface area contributed by atoms with Gasteiger partial charge in [0, 0.05) is 0 Å². The summed E-state index contributed by atoms with van der Waals surface area (Å²) in [6, 6.07) is 0. The van der Waals surface area contributed by atoms with Gasteiger partial charge in [-0.1, -0.05) is 0 Å². The third-order valence-corrected chi connectivity index (χ3v) is 1.54. The van der Waals surface area contributed by atoms with Crippen LogP contribution in [0.3, 0.4) is 0 Å². The van der Waals surface area contributed by atoms with Crippen LogP contribution in [0.4, 0.5) is 0 Å². The van der Waals surface area contributed by atoms with Gasteiger partial charge in [0.1, 0.15) is 0 Å². The van der Waals surface area contributed by atoms with Crippen molar-refractivity contribution >= 4 is 0 Å². The van der Waals surface area contributed by atoms with Crippen molar-refractivity contribution < 1.29 is 34.4 Å². The molecule has 0 heterocycles. The van der Waals surface area contributed by atoms with Crippen LogP contribution in [-0.2, 0) is 24.1 Å². The molecule has 0 spiro atoms. The van der Waals surface area contributed by atoms with Gasteiger partial charge in [0.15, 0.2) is 0 Å². The fraction of sp³-hybridized carbons (Fsp3) is 1.00. The Hall–Kier alpha value is 0.594. The molecule has 2 N–H and O–H groups in total. The maximum atomic E-state index is 9.12. The van der Waals surface area contributed by atoms with E-state index in [-0.39, 0.29) is 6.61 Å². The molecule has 0 aromatic carbocycles. The maximum absolute atomic E-state index is 9.12. The number of hydrogen-bond acceptors (Lipinski definition) is 3. The van der Waals surface area contributed by atoms with Gasteiger partial charge in [0.25, 0.3) is 0 Å². The van der Waals surface area contributed by atoms with E-state index < -0.39 is 12.2 Å². The number of rotatable bonds is 5. The van der Waals surface area contributed by atoms with E-state index in [1.807, 2.05) is 6.92 Å². The molecule has 0 aromatic rings. The predicted molar refractivity (Wildman–Crippen MR) is 32.9 cm³/mol. The average Bonchev–Trinajstić information content (AvgIpc) is 1.89. The minimum absolute atomic E-state index is 0.209. The van der Waals surface area contributed by atoms with Crippen molar-refractivity contribution in [3.8, 4) is 0 Å². The first-order valence-corrected chi connectivity index (χ1v) is 4.00. The fourth-order valence-corrected chi connectivity index (χ4v) is 0.951. The van der Waals surface area contributed by atoms with Gasteiger partial charge < -0.3 is 0 Å². The summed E-state index contributed by atoms with van der Waals surface area (Å²) < 4.78 is 4.66. The molecule has 0 fully saturated rings. The van der Waals surface area contributed by atoms with Gasteiger partial charge in [-0.05, 0) is 0 Å². The number of hydrogen-bond donors (Lipinski definition) is 2. The molecule has 10 heavy (non-hydrogen) atoms. The molecular weight excluding hydrogens is 168 g/mol. The van der Waals surface area contributed by atoms with Gasteiger partial charge in [-0.3, -0.25) is 0 Å². The zero-order chi connectivity index (χ0) is 7.98. The summed E-state index contributed by atoms with van der Waals surface area (Å²) in [5.41, 5.74) is 0. The summed E-state index contributed by atoms with van der Waals surface area (Å²) in [5.74, 6) is 0. The Morgan fingerprint density at radius 2 is 2.00 bits per heavy atom. The van der Waals surface area contributed by atoms with Crippen LogP contribution in [0, 0.1) is 0 Å². The molecule has 0 radical (unpaired) electrons. The van der Waals surface area contributed by atoms with Crippen LogP contribution >= 0.6 is 0 Å². The molecule has 0 saturated heterocycles. The van der Waals surface area contributed by atoms with Crippen LogP contribution in [0.15, 0.2) is 0 Å². The molecule has 0 amide bonds. The molecule has 0 aliphatic heterocycles. The van der Waals surface area contributed by atoms with E-state index >= 15 is 0 Å². The van der Waals surface area contributed by atoms with E-state index in [4.69, 9.17) is 10.2 Å². The van der Waals surface area contributed by atoms with Crippen LogP contribution in [0.1, 0.15) is 19.8 Å². The van der Waals surface area contributed by atoms with Crippen molar-refractivity contribution in [1.82, 2.24) is 0 Å². The third-order valence-electron chi connectivity index (χ3n) is 1.28. The van der Waals surface area contributed by atoms with Gasteiger partial charge in [0.2, 0.25) is 0 Å². The van der Waals surface area contributed by atoms with E-state index in [1.54, 1.807) is 0 Å². The number of aliphatic hydroxyl groups excluding tert-OH is 2. The van der Waals surface area contributed by atoms with Crippen LogP contribution in [0.2, 0.25) is 0 Å². The van der Waals surface area contributed by atoms with Gasteiger partial charge in [-0.25, -0.2) is 0 Å². The zero-order valence-corrected chi connectivity index (χ0v) is 7.64. The minimum atomic E-state index is -0.732. The van der Waals surface area contributed by atoms with Crippen molar-refractivity contribution in [2.24, 2.45) is 0 Å². The van der Waals surface area contributed by atoms with Crippen LogP contribution < -0.4 is 0 Å². The number of aliphatic hydroxyl groups is 2. The van der Waals surface area contributed by atoms with Crippen molar-refractivity contribution in [3.63, 3.8) is 0 Å². The summed E-state index contributed by atoms with van der Waals surface area (Å²) in [5, 5.41) is 18.2. The Balaban J connectivity index is 3.38. The van der Waals surface area contributed by atoms with E-state index in [9.17, 15) is 0 Å². The second-order valence-electron chi connectivity index (χ2n) is 2.23. The predicted octanol–water partition coefficient (Wildman–Crippen LogP) is -0.0133. The molecule has 2 unspecified atom stereocenters. The van der Waals surface area contributed by atoms with Crippen molar-refractivity contribution in [2.45, 2.75) is 32.0 Å². The van der Waals surface area contributed by atoms with E-state index in [0.717, 1.165) is 6.42 Å². The standard InChI is InChI=1S/C6H13O3.Ti/c1-2-3-5(8)6(9)4-7;/h5-6,8-9H,2-4H2,1H3;/q-1;+1. The summed E-state index contributed by atoms with van der Waals surface area (Å²) in [6.07, 6.45) is 0.141. The zero-order valence-electron chi connectivity index (χ0n) is 6.08. The summed E-state index contributed by atoms with van der Waals surface area (Å²) in [4.78, 5) is 0. The first-order chi connectivity index (χ1) is 4.72. The second kappa shape index (κ2) is 6.31. The molecule has 3 nitrogen and oxygen atoms in total. The van der Waals surface area contributed by atoms with Crippen molar-refractivity contribution in [1.29, 1.82) is 0 Å². The molecule has 4 heteroatoms. The SMILES string of the molecule is CCCC(O)C(O)C[O][Ti]. The molecule has 0 saturated carbocycles. The summed E-state index contributed by atoms with van der Waals surface area (Å²) >= 11 is 1.50. The molecule has 0 aliphatic rings. The van der Waals surface area contributed by atoms with E-state index in [2.05, 4.69) is 3.32 Å². The normalized spacial score (nSPS) is 16.6. The Morgan fingerprint density at radius 1 is 1.40 bits per heavy atom. The molecular formula is C6H13O3Ti. The van der Waals surface area contributed by atoms with Gasteiger partial charge in [-0.2, -0.15) is 0 Å². The monoisotopic (exact) mass is 181 g/mol. The Kier molecular flexibility index (Phi) is 6.69. The Labute approximate surface area is 73.3 Å². The van der Waals surface area contributed by atoms with Crippen LogP contribution in [0.25, 0.3) is 0 Å². The topological polar surface area (TPSA) is 49.7 Å². The molecule has 0 aliphatic carbocycles. The Bertz CT molecular complexity index is 69.4. The quantitative estimate of drug-likeness (QED) is 0.586. The van der Waals surface area contributed by atoms with Gasteiger partial charge >= 0.3 is 72.9 Å². The van der Waals surface area contributed by atoms with Gasteiger partial charge in [-0.15, -0.1) is 0 Å². The average molecular weight is 181 g/mol. The third kappa shape index (κ3) is 4.42. The molecule has 2 atom stereocenters. The summed E-state index contributed by atoms with van der Waals surface area (Å²) in [7, 11) is 0. The van der Waals surface area contributed by atoms with Gasteiger partial charge in [0.05, 0.1) is 0 Å². The second-order valence-corrected chi connectivity index (χ2v) is 2.69. The fourth-order valence-electron chi connectivity index (χ4n) is 0.685. The Morgan fingerprint density at radius 3 is 2.40 bits per heavy atom. The van der Waals surface area contributed by atoms with E-state index in [0.29, 0.717) is 6.42 Å². The first-order valence-electron chi connectivity index (χ1n) is 3.37. The van der Waals surface area contributed by atoms with Crippen LogP contribution in [0.5, 0.6) is 0 Å².